The number of nitrogens with one attached hydrogen (secondary N) is 3. The van der Waals surface area contributed by atoms with Crippen LogP contribution in [0.3, 0.4) is 0 Å². The van der Waals surface area contributed by atoms with Crippen molar-refractivity contribution >= 4 is 41.0 Å². The predicted molar refractivity (Wildman–Crippen MR) is 103 cm³/mol. The van der Waals surface area contributed by atoms with Gasteiger partial charge < -0.3 is 21.1 Å². The Morgan fingerprint density at radius 3 is 2.32 bits per heavy atom. The highest BCUT2D eigenvalue weighted by Gasteiger charge is 2.18. The summed E-state index contributed by atoms with van der Waals surface area (Å²) in [6.07, 6.45) is 0. The van der Waals surface area contributed by atoms with Crippen LogP contribution in [0, 0.1) is 0 Å². The van der Waals surface area contributed by atoms with Gasteiger partial charge in [0.05, 0.1) is 17.1 Å². The van der Waals surface area contributed by atoms with Gasteiger partial charge in [-0.2, -0.15) is 0 Å². The normalized spacial score (nSPS) is 11.2. The summed E-state index contributed by atoms with van der Waals surface area (Å²) in [5, 5.41) is 16.2. The van der Waals surface area contributed by atoms with Crippen LogP contribution >= 0.6 is 11.6 Å². The average molecular weight is 404 g/mol. The Hall–Kier alpha value is -3.39. The molecule has 0 aliphatic rings. The van der Waals surface area contributed by atoms with E-state index in [1.54, 1.807) is 30.3 Å². The van der Waals surface area contributed by atoms with Gasteiger partial charge in [0.25, 0.3) is 11.8 Å². The van der Waals surface area contributed by atoms with Gasteiger partial charge in [0.2, 0.25) is 5.91 Å². The van der Waals surface area contributed by atoms with Gasteiger partial charge in [-0.3, -0.25) is 19.2 Å². The molecule has 0 unspecified atom stereocenters. The summed E-state index contributed by atoms with van der Waals surface area (Å²) in [6, 6.07) is 11.6. The van der Waals surface area contributed by atoms with Gasteiger partial charge in [-0.05, 0) is 37.3 Å². The Labute approximate surface area is 165 Å². The van der Waals surface area contributed by atoms with Gasteiger partial charge in [-0.1, -0.05) is 29.8 Å². The maximum Gasteiger partial charge on any atom is 0.325 e. The van der Waals surface area contributed by atoms with Crippen LogP contribution in [0.2, 0.25) is 5.02 Å². The number of carboxylic acid groups (broad SMARTS) is 1. The molecule has 0 fully saturated rings. The predicted octanol–water partition coefficient (Wildman–Crippen LogP) is 1.91. The van der Waals surface area contributed by atoms with Gasteiger partial charge in [0.15, 0.2) is 0 Å². The van der Waals surface area contributed by atoms with Crippen molar-refractivity contribution in [1.82, 2.24) is 10.6 Å². The Balaban J connectivity index is 1.93. The zero-order valence-electron chi connectivity index (χ0n) is 14.9. The minimum Gasteiger partial charge on any atom is -0.480 e. The minimum absolute atomic E-state index is 0.0428. The summed E-state index contributed by atoms with van der Waals surface area (Å²) in [6.45, 7) is 1.08. The van der Waals surface area contributed by atoms with E-state index in [9.17, 15) is 19.2 Å². The van der Waals surface area contributed by atoms with Crippen molar-refractivity contribution in [2.75, 3.05) is 11.9 Å². The molecule has 4 N–H and O–H groups in total. The number of anilines is 1. The maximum atomic E-state index is 12.0. The van der Waals surface area contributed by atoms with Gasteiger partial charge >= 0.3 is 5.97 Å². The number of aliphatic carboxylic acids is 1. The summed E-state index contributed by atoms with van der Waals surface area (Å²) in [7, 11) is 0. The molecule has 0 aromatic heterocycles. The van der Waals surface area contributed by atoms with Crippen molar-refractivity contribution in [1.29, 1.82) is 0 Å². The van der Waals surface area contributed by atoms with Crippen LogP contribution in [0.5, 0.6) is 0 Å². The van der Waals surface area contributed by atoms with Crippen molar-refractivity contribution in [3.05, 3.63) is 64.7 Å². The Morgan fingerprint density at radius 2 is 1.71 bits per heavy atom. The SMILES string of the molecule is C[C@H](NC(=O)c1ccc(NC(=O)CNC(=O)c2ccccc2)cc1Cl)C(=O)O. The second kappa shape index (κ2) is 9.52. The molecule has 2 rings (SSSR count). The van der Waals surface area contributed by atoms with E-state index in [1.165, 1.54) is 25.1 Å². The lowest BCUT2D eigenvalue weighted by molar-refractivity contribution is -0.138. The number of carboxylic acids is 1. The van der Waals surface area contributed by atoms with Crippen molar-refractivity contribution in [3.63, 3.8) is 0 Å². The highest BCUT2D eigenvalue weighted by molar-refractivity contribution is 6.34. The standard InChI is InChI=1S/C19H18ClN3O5/c1-11(19(27)28)22-18(26)14-8-7-13(9-15(14)20)23-16(24)10-21-17(25)12-5-3-2-4-6-12/h2-9,11H,10H2,1H3,(H,21,25)(H,22,26)(H,23,24)(H,27,28)/t11-/m0/s1. The van der Waals surface area contributed by atoms with E-state index < -0.39 is 23.8 Å². The highest BCUT2D eigenvalue weighted by atomic mass is 35.5. The molecule has 0 bridgehead atoms. The lowest BCUT2D eigenvalue weighted by atomic mass is 10.1. The van der Waals surface area contributed by atoms with Crippen LogP contribution in [0.4, 0.5) is 5.69 Å². The molecule has 3 amide bonds. The molecule has 0 aliphatic heterocycles. The number of rotatable bonds is 7. The van der Waals surface area contributed by atoms with Gasteiger partial charge in [0, 0.05) is 11.3 Å². The molecule has 0 aliphatic carbocycles. The van der Waals surface area contributed by atoms with Gasteiger partial charge in [0.1, 0.15) is 6.04 Å². The fourth-order valence-corrected chi connectivity index (χ4v) is 2.44. The first-order valence-electron chi connectivity index (χ1n) is 8.24. The second-order valence-electron chi connectivity index (χ2n) is 5.82. The highest BCUT2D eigenvalue weighted by Crippen LogP contribution is 2.21. The minimum atomic E-state index is -1.18. The zero-order valence-corrected chi connectivity index (χ0v) is 15.6. The monoisotopic (exact) mass is 403 g/mol. The van der Waals surface area contributed by atoms with Gasteiger partial charge in [-0.25, -0.2) is 0 Å². The van der Waals surface area contributed by atoms with E-state index in [2.05, 4.69) is 16.0 Å². The van der Waals surface area contributed by atoms with Gasteiger partial charge in [-0.15, -0.1) is 0 Å². The largest absolute Gasteiger partial charge is 0.480 e. The number of amides is 3. The number of benzene rings is 2. The van der Waals surface area contributed by atoms with E-state index in [0.717, 1.165) is 0 Å². The Bertz CT molecular complexity index is 902. The molecule has 0 radical (unpaired) electrons. The zero-order chi connectivity index (χ0) is 20.7. The molecule has 146 valence electrons. The Morgan fingerprint density at radius 1 is 1.04 bits per heavy atom. The average Bonchev–Trinajstić information content (AvgIpc) is 2.66. The van der Waals surface area contributed by atoms with Crippen LogP contribution < -0.4 is 16.0 Å². The van der Waals surface area contributed by atoms with Crippen molar-refractivity contribution in [2.24, 2.45) is 0 Å². The van der Waals surface area contributed by atoms with Crippen molar-refractivity contribution in [3.8, 4) is 0 Å². The molecule has 0 saturated carbocycles. The van der Waals surface area contributed by atoms with Crippen LogP contribution in [0.25, 0.3) is 0 Å². The third-order valence-electron chi connectivity index (χ3n) is 3.66. The third-order valence-corrected chi connectivity index (χ3v) is 3.97. The van der Waals surface area contributed by atoms with Crippen LogP contribution in [0.1, 0.15) is 27.6 Å². The summed E-state index contributed by atoms with van der Waals surface area (Å²) < 4.78 is 0. The van der Waals surface area contributed by atoms with E-state index in [-0.39, 0.29) is 23.0 Å². The molecule has 2 aromatic carbocycles. The van der Waals surface area contributed by atoms with Crippen LogP contribution in [-0.4, -0.2) is 41.4 Å². The van der Waals surface area contributed by atoms with E-state index in [1.807, 2.05) is 0 Å². The van der Waals surface area contributed by atoms with Crippen LogP contribution in [0.15, 0.2) is 48.5 Å². The summed E-state index contributed by atoms with van der Waals surface area (Å²) >= 11 is 6.05. The number of hydrogen-bond donors (Lipinski definition) is 4. The molecular formula is C19H18ClN3O5. The quantitative estimate of drug-likeness (QED) is 0.562. The first kappa shape index (κ1) is 20.9. The molecule has 0 saturated heterocycles. The molecule has 28 heavy (non-hydrogen) atoms. The topological polar surface area (TPSA) is 125 Å². The first-order chi connectivity index (χ1) is 13.3. The lowest BCUT2D eigenvalue weighted by Gasteiger charge is -2.12. The van der Waals surface area contributed by atoms with Crippen molar-refractivity contribution in [2.45, 2.75) is 13.0 Å². The Kier molecular flexibility index (Phi) is 7.11. The summed E-state index contributed by atoms with van der Waals surface area (Å²) in [4.78, 5) is 46.7. The fraction of sp³-hybridized carbons (Fsp3) is 0.158. The molecule has 1 atom stereocenters. The van der Waals surface area contributed by atoms with Crippen molar-refractivity contribution < 1.29 is 24.3 Å². The van der Waals surface area contributed by atoms with E-state index >= 15 is 0 Å². The molecule has 9 heteroatoms. The van der Waals surface area contributed by atoms with Crippen LogP contribution in [-0.2, 0) is 9.59 Å². The third kappa shape index (κ3) is 5.82. The number of halogens is 1. The molecule has 0 heterocycles. The summed E-state index contributed by atoms with van der Waals surface area (Å²) in [5.74, 6) is -2.68. The molecule has 8 nitrogen and oxygen atoms in total. The van der Waals surface area contributed by atoms with E-state index in [0.29, 0.717) is 11.3 Å². The molecular weight excluding hydrogens is 386 g/mol. The summed E-state index contributed by atoms with van der Waals surface area (Å²) in [5.41, 5.74) is 0.834. The lowest BCUT2D eigenvalue weighted by Crippen LogP contribution is -2.38. The second-order valence-corrected chi connectivity index (χ2v) is 6.23. The molecule has 0 spiro atoms. The maximum absolute atomic E-state index is 12.0. The number of carbonyl (C=O) groups is 4. The molecule has 2 aromatic rings. The first-order valence-corrected chi connectivity index (χ1v) is 8.62. The smallest absolute Gasteiger partial charge is 0.325 e. The fourth-order valence-electron chi connectivity index (χ4n) is 2.17. The van der Waals surface area contributed by atoms with E-state index in [4.69, 9.17) is 16.7 Å². The number of hydrogen-bond acceptors (Lipinski definition) is 4. The number of carbonyl (C=O) groups excluding carboxylic acids is 3.